The third-order valence-corrected chi connectivity index (χ3v) is 3.00. The quantitative estimate of drug-likeness (QED) is 0.738. The fourth-order valence-electron chi connectivity index (χ4n) is 0.781. The van der Waals surface area contributed by atoms with Gasteiger partial charge in [-0.15, -0.1) is 0 Å². The molecule has 1 aromatic carbocycles. The van der Waals surface area contributed by atoms with Crippen LogP contribution in [0, 0.1) is 0 Å². The molecule has 1 rings (SSSR count). The van der Waals surface area contributed by atoms with E-state index >= 15 is 0 Å². The normalized spacial score (nSPS) is 12.8. The minimum Gasteiger partial charge on any atom is -0.399 e. The standard InChI is InChI=1S/C7H6F3NO2S/c8-7(9,10)14(12,13)6-3-1-5(11)2-4-6/h1-4H,11H2. The molecular formula is C7H6F3NO2S. The molecule has 14 heavy (non-hydrogen) atoms. The summed E-state index contributed by atoms with van der Waals surface area (Å²) in [6.45, 7) is 0. The maximum atomic E-state index is 12.0. The van der Waals surface area contributed by atoms with Crippen molar-refractivity contribution in [3.8, 4) is 0 Å². The lowest BCUT2D eigenvalue weighted by molar-refractivity contribution is -0.0436. The lowest BCUT2D eigenvalue weighted by atomic mass is 10.3. The molecule has 7 heteroatoms. The van der Waals surface area contributed by atoms with Gasteiger partial charge in [0.1, 0.15) is 0 Å². The molecule has 0 saturated heterocycles. The smallest absolute Gasteiger partial charge is 0.399 e. The highest BCUT2D eigenvalue weighted by Crippen LogP contribution is 2.30. The SMILES string of the molecule is Nc1ccc(S(=O)(=O)C(F)(F)F)cc1. The summed E-state index contributed by atoms with van der Waals surface area (Å²) >= 11 is 0. The molecule has 0 amide bonds. The number of sulfone groups is 1. The van der Waals surface area contributed by atoms with Crippen molar-refractivity contribution in [3.63, 3.8) is 0 Å². The molecule has 0 bridgehead atoms. The number of anilines is 1. The second-order valence-corrected chi connectivity index (χ2v) is 4.46. The third kappa shape index (κ3) is 1.82. The number of hydrogen-bond donors (Lipinski definition) is 1. The fraction of sp³-hybridized carbons (Fsp3) is 0.143. The van der Waals surface area contributed by atoms with E-state index in [2.05, 4.69) is 0 Å². The van der Waals surface area contributed by atoms with Crippen molar-refractivity contribution in [1.29, 1.82) is 0 Å². The van der Waals surface area contributed by atoms with Crippen LogP contribution >= 0.6 is 0 Å². The Bertz CT molecular complexity index is 421. The summed E-state index contributed by atoms with van der Waals surface area (Å²) in [7, 11) is -5.25. The van der Waals surface area contributed by atoms with Gasteiger partial charge in [0.05, 0.1) is 4.90 Å². The number of nitrogen functional groups attached to an aromatic ring is 1. The Balaban J connectivity index is 3.25. The molecule has 0 unspecified atom stereocenters. The van der Waals surface area contributed by atoms with E-state index in [1.54, 1.807) is 0 Å². The summed E-state index contributed by atoms with van der Waals surface area (Å²) < 4.78 is 57.6. The van der Waals surface area contributed by atoms with Crippen molar-refractivity contribution in [3.05, 3.63) is 24.3 Å². The monoisotopic (exact) mass is 225 g/mol. The van der Waals surface area contributed by atoms with Gasteiger partial charge in [0.2, 0.25) is 0 Å². The molecule has 1 aromatic rings. The Hall–Kier alpha value is -1.24. The van der Waals surface area contributed by atoms with Crippen LogP contribution in [0.25, 0.3) is 0 Å². The Morgan fingerprint density at radius 1 is 1.07 bits per heavy atom. The van der Waals surface area contributed by atoms with Gasteiger partial charge in [0, 0.05) is 5.69 Å². The van der Waals surface area contributed by atoms with Gasteiger partial charge in [-0.1, -0.05) is 0 Å². The van der Waals surface area contributed by atoms with Crippen molar-refractivity contribution in [2.75, 3.05) is 5.73 Å². The van der Waals surface area contributed by atoms with Gasteiger partial charge in [-0.3, -0.25) is 0 Å². The van der Waals surface area contributed by atoms with Gasteiger partial charge in [-0.25, -0.2) is 8.42 Å². The molecule has 0 aliphatic heterocycles. The van der Waals surface area contributed by atoms with Crippen LogP contribution in [0.15, 0.2) is 29.2 Å². The number of benzene rings is 1. The van der Waals surface area contributed by atoms with Crippen molar-refractivity contribution in [1.82, 2.24) is 0 Å². The zero-order chi connectivity index (χ0) is 11.0. The Morgan fingerprint density at radius 3 is 1.86 bits per heavy atom. The molecule has 0 saturated carbocycles. The average molecular weight is 225 g/mol. The molecule has 78 valence electrons. The maximum absolute atomic E-state index is 12.0. The number of alkyl halides is 3. The summed E-state index contributed by atoms with van der Waals surface area (Å²) in [6, 6.07) is 3.83. The zero-order valence-electron chi connectivity index (χ0n) is 6.75. The first-order valence-corrected chi connectivity index (χ1v) is 4.90. The minimum atomic E-state index is -5.27. The Morgan fingerprint density at radius 2 is 1.50 bits per heavy atom. The molecule has 2 N–H and O–H groups in total. The predicted octanol–water partition coefficient (Wildman–Crippen LogP) is 1.56. The van der Waals surface area contributed by atoms with Gasteiger partial charge in [0.15, 0.2) is 0 Å². The number of nitrogens with two attached hydrogens (primary N) is 1. The first kappa shape index (κ1) is 10.8. The molecule has 0 aliphatic carbocycles. The summed E-state index contributed by atoms with van der Waals surface area (Å²) in [6.07, 6.45) is 0. The largest absolute Gasteiger partial charge is 0.501 e. The molecule has 0 fully saturated rings. The topological polar surface area (TPSA) is 60.2 Å². The molecule has 0 spiro atoms. The molecule has 0 aromatic heterocycles. The van der Waals surface area contributed by atoms with Crippen molar-refractivity contribution >= 4 is 15.5 Å². The van der Waals surface area contributed by atoms with Gasteiger partial charge in [-0.2, -0.15) is 13.2 Å². The number of hydrogen-bond acceptors (Lipinski definition) is 3. The average Bonchev–Trinajstić information content (AvgIpc) is 2.03. The van der Waals surface area contributed by atoms with E-state index in [0.717, 1.165) is 24.3 Å². The summed E-state index contributed by atoms with van der Waals surface area (Å²) in [4.78, 5) is -0.806. The lowest BCUT2D eigenvalue weighted by Crippen LogP contribution is -2.23. The molecule has 0 heterocycles. The van der Waals surface area contributed by atoms with Crippen LogP contribution in [0.3, 0.4) is 0 Å². The van der Waals surface area contributed by atoms with E-state index in [1.165, 1.54) is 0 Å². The summed E-state index contributed by atoms with van der Waals surface area (Å²) in [5.41, 5.74) is 0.128. The van der Waals surface area contributed by atoms with E-state index < -0.39 is 20.2 Å². The van der Waals surface area contributed by atoms with Gasteiger partial charge in [-0.05, 0) is 24.3 Å². The van der Waals surface area contributed by atoms with Crippen LogP contribution in [0.5, 0.6) is 0 Å². The highest BCUT2D eigenvalue weighted by atomic mass is 32.2. The van der Waals surface area contributed by atoms with Crippen LogP contribution in [0.2, 0.25) is 0 Å². The number of halogens is 3. The molecule has 0 radical (unpaired) electrons. The molecule has 3 nitrogen and oxygen atoms in total. The van der Waals surface area contributed by atoms with E-state index in [-0.39, 0.29) is 5.69 Å². The third-order valence-electron chi connectivity index (χ3n) is 1.50. The fourth-order valence-corrected chi connectivity index (χ4v) is 1.54. The van der Waals surface area contributed by atoms with Crippen molar-refractivity contribution < 1.29 is 21.6 Å². The highest BCUT2D eigenvalue weighted by molar-refractivity contribution is 7.92. The van der Waals surface area contributed by atoms with Crippen LogP contribution in [0.4, 0.5) is 18.9 Å². The van der Waals surface area contributed by atoms with E-state index in [1.807, 2.05) is 0 Å². The molecule has 0 atom stereocenters. The highest BCUT2D eigenvalue weighted by Gasteiger charge is 2.46. The number of rotatable bonds is 1. The summed E-state index contributed by atoms with van der Waals surface area (Å²) in [5, 5.41) is 0. The van der Waals surface area contributed by atoms with E-state index in [0.29, 0.717) is 0 Å². The predicted molar refractivity (Wildman–Crippen MR) is 44.1 cm³/mol. The van der Waals surface area contributed by atoms with Crippen molar-refractivity contribution in [2.24, 2.45) is 0 Å². The van der Waals surface area contributed by atoms with Gasteiger partial charge >= 0.3 is 5.51 Å². The van der Waals surface area contributed by atoms with Crippen molar-refractivity contribution in [2.45, 2.75) is 10.4 Å². The van der Waals surface area contributed by atoms with Crippen LogP contribution in [-0.4, -0.2) is 13.9 Å². The summed E-state index contributed by atoms with van der Waals surface area (Å²) in [5.74, 6) is 0. The van der Waals surface area contributed by atoms with Gasteiger partial charge in [0.25, 0.3) is 9.84 Å². The molecule has 0 aliphatic rings. The second-order valence-electron chi connectivity index (χ2n) is 2.52. The first-order valence-electron chi connectivity index (χ1n) is 3.42. The van der Waals surface area contributed by atoms with Crippen LogP contribution < -0.4 is 5.73 Å². The second kappa shape index (κ2) is 3.16. The Labute approximate surface area is 78.3 Å². The Kier molecular flexibility index (Phi) is 2.45. The van der Waals surface area contributed by atoms with E-state index in [9.17, 15) is 21.6 Å². The van der Waals surface area contributed by atoms with Gasteiger partial charge < -0.3 is 5.73 Å². The molecular weight excluding hydrogens is 219 g/mol. The van der Waals surface area contributed by atoms with Crippen LogP contribution in [0.1, 0.15) is 0 Å². The maximum Gasteiger partial charge on any atom is 0.501 e. The van der Waals surface area contributed by atoms with E-state index in [4.69, 9.17) is 5.73 Å². The first-order chi connectivity index (χ1) is 6.25. The zero-order valence-corrected chi connectivity index (χ0v) is 7.56. The van der Waals surface area contributed by atoms with Crippen LogP contribution in [-0.2, 0) is 9.84 Å². The minimum absolute atomic E-state index is 0.200. The lowest BCUT2D eigenvalue weighted by Gasteiger charge is -2.07.